The zero-order chi connectivity index (χ0) is 16.1. The Hall–Kier alpha value is -1.43. The molecule has 1 aromatic heterocycles. The minimum absolute atomic E-state index is 0.107. The first kappa shape index (κ1) is 16.4. The van der Waals surface area contributed by atoms with E-state index in [9.17, 15) is 0 Å². The van der Waals surface area contributed by atoms with E-state index >= 15 is 0 Å². The van der Waals surface area contributed by atoms with E-state index in [0.717, 1.165) is 44.4 Å². The summed E-state index contributed by atoms with van der Waals surface area (Å²) < 4.78 is 7.84. The van der Waals surface area contributed by atoms with Gasteiger partial charge >= 0.3 is 0 Å². The number of likely N-dealkylation sites (tertiary alicyclic amines) is 1. The van der Waals surface area contributed by atoms with Crippen molar-refractivity contribution in [3.63, 3.8) is 0 Å². The van der Waals surface area contributed by atoms with E-state index in [0.29, 0.717) is 19.3 Å². The van der Waals surface area contributed by atoms with E-state index in [-0.39, 0.29) is 6.61 Å². The van der Waals surface area contributed by atoms with Gasteiger partial charge in [0.2, 0.25) is 0 Å². The lowest BCUT2D eigenvalue weighted by Gasteiger charge is -2.33. The minimum atomic E-state index is 0.107. The molecule has 3 rings (SSSR count). The number of fused-ring (bicyclic) bond motifs is 1. The standard InChI is InChI=1S/C18H27N3O2/c1-2-18-19-16-5-3-4-6-17(16)21(18)15-7-9-20(10-8-15)11-13-23-14-12-22/h3-6,15,22H,2,7-14H2,1H3. The molecule has 0 amide bonds. The molecule has 5 nitrogen and oxygen atoms in total. The summed E-state index contributed by atoms with van der Waals surface area (Å²) in [5.74, 6) is 1.20. The Labute approximate surface area is 137 Å². The summed E-state index contributed by atoms with van der Waals surface area (Å²) in [5.41, 5.74) is 2.39. The molecule has 2 aromatic rings. The van der Waals surface area contributed by atoms with Crippen LogP contribution in [0.3, 0.4) is 0 Å². The number of ether oxygens (including phenoxy) is 1. The highest BCUT2D eigenvalue weighted by atomic mass is 16.5. The third kappa shape index (κ3) is 3.74. The quantitative estimate of drug-likeness (QED) is 0.796. The molecule has 1 aromatic carbocycles. The minimum Gasteiger partial charge on any atom is -0.394 e. The van der Waals surface area contributed by atoms with Crippen molar-refractivity contribution in [3.05, 3.63) is 30.1 Å². The smallest absolute Gasteiger partial charge is 0.109 e. The fraction of sp³-hybridized carbons (Fsp3) is 0.611. The van der Waals surface area contributed by atoms with Crippen LogP contribution in [0.15, 0.2) is 24.3 Å². The molecule has 1 fully saturated rings. The molecule has 5 heteroatoms. The highest BCUT2D eigenvalue weighted by Crippen LogP contribution is 2.28. The van der Waals surface area contributed by atoms with Crippen LogP contribution in [0.2, 0.25) is 0 Å². The van der Waals surface area contributed by atoms with Gasteiger partial charge < -0.3 is 19.3 Å². The fourth-order valence-corrected chi connectivity index (χ4v) is 3.51. The van der Waals surface area contributed by atoms with Gasteiger partial charge in [-0.25, -0.2) is 4.98 Å². The molecule has 2 heterocycles. The summed E-state index contributed by atoms with van der Waals surface area (Å²) >= 11 is 0. The number of aromatic nitrogens is 2. The summed E-state index contributed by atoms with van der Waals surface area (Å²) in [7, 11) is 0. The molecule has 1 aliphatic heterocycles. The number of aliphatic hydroxyl groups is 1. The van der Waals surface area contributed by atoms with Crippen LogP contribution in [0.25, 0.3) is 11.0 Å². The van der Waals surface area contributed by atoms with E-state index in [2.05, 4.69) is 40.7 Å². The van der Waals surface area contributed by atoms with Crippen molar-refractivity contribution in [2.24, 2.45) is 0 Å². The lowest BCUT2D eigenvalue weighted by Crippen LogP contribution is -2.37. The van der Waals surface area contributed by atoms with Crippen molar-refractivity contribution in [2.45, 2.75) is 32.2 Å². The first-order valence-electron chi connectivity index (χ1n) is 8.70. The number of imidazole rings is 1. The van der Waals surface area contributed by atoms with E-state index in [4.69, 9.17) is 14.8 Å². The molecule has 0 saturated carbocycles. The number of aliphatic hydroxyl groups excluding tert-OH is 1. The number of piperidine rings is 1. The Morgan fingerprint density at radius 2 is 2.00 bits per heavy atom. The van der Waals surface area contributed by atoms with Gasteiger partial charge in [0.15, 0.2) is 0 Å². The molecule has 126 valence electrons. The Morgan fingerprint density at radius 3 is 2.74 bits per heavy atom. The topological polar surface area (TPSA) is 50.5 Å². The monoisotopic (exact) mass is 317 g/mol. The predicted molar refractivity (Wildman–Crippen MR) is 91.7 cm³/mol. The van der Waals surface area contributed by atoms with E-state index in [1.54, 1.807) is 0 Å². The maximum Gasteiger partial charge on any atom is 0.109 e. The summed E-state index contributed by atoms with van der Waals surface area (Å²) in [6, 6.07) is 9.02. The molecule has 1 aliphatic rings. The highest BCUT2D eigenvalue weighted by Gasteiger charge is 2.23. The number of nitrogens with zero attached hydrogens (tertiary/aromatic N) is 3. The highest BCUT2D eigenvalue weighted by molar-refractivity contribution is 5.76. The van der Waals surface area contributed by atoms with Gasteiger partial charge in [-0.1, -0.05) is 19.1 Å². The second-order valence-corrected chi connectivity index (χ2v) is 6.15. The van der Waals surface area contributed by atoms with Gasteiger partial charge in [-0.05, 0) is 25.0 Å². The zero-order valence-electron chi connectivity index (χ0n) is 13.9. The van der Waals surface area contributed by atoms with Crippen molar-refractivity contribution in [1.82, 2.24) is 14.5 Å². The van der Waals surface area contributed by atoms with Crippen LogP contribution in [0.4, 0.5) is 0 Å². The van der Waals surface area contributed by atoms with Gasteiger partial charge in [-0.2, -0.15) is 0 Å². The molecule has 1 N–H and O–H groups in total. The lowest BCUT2D eigenvalue weighted by molar-refractivity contribution is 0.0655. The average molecular weight is 317 g/mol. The van der Waals surface area contributed by atoms with Gasteiger partial charge in [0.05, 0.1) is 30.9 Å². The molecule has 0 spiro atoms. The van der Waals surface area contributed by atoms with Crippen molar-refractivity contribution in [2.75, 3.05) is 39.5 Å². The molecule has 0 radical (unpaired) electrons. The number of rotatable bonds is 7. The van der Waals surface area contributed by atoms with Crippen molar-refractivity contribution >= 4 is 11.0 Å². The second-order valence-electron chi connectivity index (χ2n) is 6.15. The fourth-order valence-electron chi connectivity index (χ4n) is 3.51. The van der Waals surface area contributed by atoms with Gasteiger partial charge in [-0.3, -0.25) is 0 Å². The largest absolute Gasteiger partial charge is 0.394 e. The Bertz CT molecular complexity index is 618. The van der Waals surface area contributed by atoms with Crippen LogP contribution < -0.4 is 0 Å². The lowest BCUT2D eigenvalue weighted by atomic mass is 10.0. The van der Waals surface area contributed by atoms with Crippen molar-refractivity contribution in [1.29, 1.82) is 0 Å². The molecular weight excluding hydrogens is 290 g/mol. The molecule has 0 bridgehead atoms. The van der Waals surface area contributed by atoms with Crippen LogP contribution in [-0.4, -0.2) is 59.0 Å². The van der Waals surface area contributed by atoms with Gasteiger partial charge in [0, 0.05) is 32.1 Å². The van der Waals surface area contributed by atoms with Gasteiger partial charge in [0.1, 0.15) is 5.82 Å². The molecule has 23 heavy (non-hydrogen) atoms. The molecule has 0 unspecified atom stereocenters. The number of para-hydroxylation sites is 2. The third-order valence-corrected chi connectivity index (χ3v) is 4.69. The van der Waals surface area contributed by atoms with Crippen LogP contribution in [0.5, 0.6) is 0 Å². The average Bonchev–Trinajstić information content (AvgIpc) is 2.98. The van der Waals surface area contributed by atoms with Crippen LogP contribution in [-0.2, 0) is 11.2 Å². The van der Waals surface area contributed by atoms with Gasteiger partial charge in [-0.15, -0.1) is 0 Å². The maximum absolute atomic E-state index is 8.73. The predicted octanol–water partition coefficient (Wildman–Crippen LogP) is 2.24. The normalized spacial score (nSPS) is 17.1. The maximum atomic E-state index is 8.73. The summed E-state index contributed by atoms with van der Waals surface area (Å²) in [5, 5.41) is 8.73. The Kier molecular flexibility index (Phi) is 5.65. The molecule has 1 saturated heterocycles. The van der Waals surface area contributed by atoms with E-state index in [1.165, 1.54) is 11.3 Å². The number of benzene rings is 1. The molecular formula is C18H27N3O2. The van der Waals surface area contributed by atoms with Crippen molar-refractivity contribution in [3.8, 4) is 0 Å². The van der Waals surface area contributed by atoms with Gasteiger partial charge in [0.25, 0.3) is 0 Å². The number of aryl methyl sites for hydroxylation is 1. The second kappa shape index (κ2) is 7.90. The van der Waals surface area contributed by atoms with Crippen LogP contribution in [0, 0.1) is 0 Å². The first-order valence-corrected chi connectivity index (χ1v) is 8.70. The number of hydrogen-bond donors (Lipinski definition) is 1. The summed E-state index contributed by atoms with van der Waals surface area (Å²) in [6.45, 7) is 6.60. The van der Waals surface area contributed by atoms with Crippen molar-refractivity contribution < 1.29 is 9.84 Å². The zero-order valence-corrected chi connectivity index (χ0v) is 13.9. The third-order valence-electron chi connectivity index (χ3n) is 4.69. The summed E-state index contributed by atoms with van der Waals surface area (Å²) in [4.78, 5) is 7.26. The number of hydrogen-bond acceptors (Lipinski definition) is 4. The Balaban J connectivity index is 1.63. The van der Waals surface area contributed by atoms with Crippen LogP contribution >= 0.6 is 0 Å². The Morgan fingerprint density at radius 1 is 1.22 bits per heavy atom. The first-order chi connectivity index (χ1) is 11.3. The molecule has 0 aliphatic carbocycles. The SMILES string of the molecule is CCc1nc2ccccc2n1C1CCN(CCOCCO)CC1. The van der Waals surface area contributed by atoms with E-state index < -0.39 is 0 Å². The van der Waals surface area contributed by atoms with E-state index in [1.807, 2.05) is 0 Å². The van der Waals surface area contributed by atoms with Crippen LogP contribution in [0.1, 0.15) is 31.6 Å². The summed E-state index contributed by atoms with van der Waals surface area (Å²) in [6.07, 6.45) is 3.30. The molecule has 0 atom stereocenters.